The van der Waals surface area contributed by atoms with Crippen molar-refractivity contribution in [2.24, 2.45) is 0 Å². The molecule has 20 heavy (non-hydrogen) atoms. The summed E-state index contributed by atoms with van der Waals surface area (Å²) >= 11 is 0. The number of nitrogens with one attached hydrogen (secondary N) is 1. The highest BCUT2D eigenvalue weighted by Crippen LogP contribution is 2.25. The second kappa shape index (κ2) is 5.39. The molecule has 0 bridgehead atoms. The van der Waals surface area contributed by atoms with Crippen LogP contribution in [-0.2, 0) is 17.6 Å². The smallest absolute Gasteiger partial charge is 0.144 e. The van der Waals surface area contributed by atoms with E-state index in [9.17, 15) is 10.4 Å². The number of ether oxygens (including phenoxy) is 1. The summed E-state index contributed by atoms with van der Waals surface area (Å²) in [6, 6.07) is 4.14. The Bertz CT molecular complexity index is 545. The molecule has 2 N–H and O–H groups in total. The molecule has 1 aromatic rings. The van der Waals surface area contributed by atoms with E-state index in [0.717, 1.165) is 25.0 Å². The molecule has 2 heterocycles. The number of nitrogens with zero attached hydrogens (tertiary/aromatic N) is 2. The van der Waals surface area contributed by atoms with Crippen LogP contribution >= 0.6 is 0 Å². The molecule has 1 aliphatic heterocycles. The molecule has 2 aliphatic rings. The SMILES string of the molecule is N#Cc1cc2c(nc1NCC1(O)CCOC1)CCCC2. The summed E-state index contributed by atoms with van der Waals surface area (Å²) in [6.07, 6.45) is 4.93. The minimum atomic E-state index is -0.843. The lowest BCUT2D eigenvalue weighted by molar-refractivity contribution is 0.0381. The summed E-state index contributed by atoms with van der Waals surface area (Å²) in [5.41, 5.74) is 2.01. The number of hydrogen-bond donors (Lipinski definition) is 2. The molecule has 1 aliphatic carbocycles. The molecule has 0 amide bonds. The van der Waals surface area contributed by atoms with Crippen LogP contribution in [0.15, 0.2) is 6.07 Å². The van der Waals surface area contributed by atoms with Gasteiger partial charge in [0.25, 0.3) is 0 Å². The molecule has 1 atom stereocenters. The van der Waals surface area contributed by atoms with Crippen LogP contribution in [0.4, 0.5) is 5.82 Å². The molecule has 1 unspecified atom stereocenters. The van der Waals surface area contributed by atoms with Crippen molar-refractivity contribution in [3.05, 3.63) is 22.9 Å². The van der Waals surface area contributed by atoms with E-state index in [-0.39, 0.29) is 0 Å². The summed E-state index contributed by atoms with van der Waals surface area (Å²) < 4.78 is 5.22. The fraction of sp³-hybridized carbons (Fsp3) is 0.600. The molecule has 0 radical (unpaired) electrons. The van der Waals surface area contributed by atoms with Crippen molar-refractivity contribution in [2.45, 2.75) is 37.7 Å². The molecule has 5 nitrogen and oxygen atoms in total. The Balaban J connectivity index is 1.79. The molecular weight excluding hydrogens is 254 g/mol. The normalized spacial score (nSPS) is 25.0. The Labute approximate surface area is 118 Å². The lowest BCUT2D eigenvalue weighted by Crippen LogP contribution is -2.37. The summed E-state index contributed by atoms with van der Waals surface area (Å²) in [5, 5.41) is 22.6. The van der Waals surface area contributed by atoms with E-state index in [4.69, 9.17) is 4.74 Å². The van der Waals surface area contributed by atoms with Gasteiger partial charge in [-0.05, 0) is 37.3 Å². The molecule has 5 heteroatoms. The van der Waals surface area contributed by atoms with Gasteiger partial charge in [0.2, 0.25) is 0 Å². The average molecular weight is 273 g/mol. The van der Waals surface area contributed by atoms with Gasteiger partial charge >= 0.3 is 0 Å². The number of rotatable bonds is 3. The molecule has 0 aromatic carbocycles. The van der Waals surface area contributed by atoms with E-state index < -0.39 is 5.60 Å². The van der Waals surface area contributed by atoms with Gasteiger partial charge in [-0.15, -0.1) is 0 Å². The van der Waals surface area contributed by atoms with Crippen LogP contribution < -0.4 is 5.32 Å². The number of anilines is 1. The van der Waals surface area contributed by atoms with Gasteiger partial charge in [-0.1, -0.05) is 0 Å². The van der Waals surface area contributed by atoms with Gasteiger partial charge in [-0.3, -0.25) is 0 Å². The van der Waals surface area contributed by atoms with Gasteiger partial charge in [0.05, 0.1) is 12.2 Å². The van der Waals surface area contributed by atoms with Crippen LogP contribution in [0.5, 0.6) is 0 Å². The van der Waals surface area contributed by atoms with Gasteiger partial charge in [-0.2, -0.15) is 5.26 Å². The highest BCUT2D eigenvalue weighted by molar-refractivity contribution is 5.54. The highest BCUT2D eigenvalue weighted by Gasteiger charge is 2.32. The van der Waals surface area contributed by atoms with Crippen molar-refractivity contribution in [3.63, 3.8) is 0 Å². The Hall–Kier alpha value is -1.64. The number of pyridine rings is 1. The number of nitriles is 1. The molecule has 1 fully saturated rings. The number of fused-ring (bicyclic) bond motifs is 1. The van der Waals surface area contributed by atoms with Crippen LogP contribution in [0.1, 0.15) is 36.1 Å². The maximum Gasteiger partial charge on any atom is 0.144 e. The quantitative estimate of drug-likeness (QED) is 0.870. The van der Waals surface area contributed by atoms with E-state index in [0.29, 0.717) is 37.6 Å². The Morgan fingerprint density at radius 3 is 3.05 bits per heavy atom. The van der Waals surface area contributed by atoms with Crippen molar-refractivity contribution in [1.82, 2.24) is 4.98 Å². The molecule has 3 rings (SSSR count). The fourth-order valence-electron chi connectivity index (χ4n) is 2.84. The predicted octanol–water partition coefficient (Wildman–Crippen LogP) is 1.40. The van der Waals surface area contributed by atoms with Crippen LogP contribution in [-0.4, -0.2) is 35.5 Å². The predicted molar refractivity (Wildman–Crippen MR) is 74.5 cm³/mol. The first-order valence-electron chi connectivity index (χ1n) is 7.17. The molecule has 1 saturated heterocycles. The third-order valence-electron chi connectivity index (χ3n) is 4.09. The first kappa shape index (κ1) is 13.3. The first-order chi connectivity index (χ1) is 9.70. The van der Waals surface area contributed by atoms with Crippen LogP contribution in [0.2, 0.25) is 0 Å². The lowest BCUT2D eigenvalue weighted by atomic mass is 9.95. The van der Waals surface area contributed by atoms with Gasteiger partial charge in [0.15, 0.2) is 0 Å². The summed E-state index contributed by atoms with van der Waals surface area (Å²) in [6.45, 7) is 1.29. The Kier molecular flexibility index (Phi) is 3.60. The van der Waals surface area contributed by atoms with E-state index in [1.165, 1.54) is 12.0 Å². The van der Waals surface area contributed by atoms with Crippen molar-refractivity contribution < 1.29 is 9.84 Å². The zero-order chi connectivity index (χ0) is 14.0. The van der Waals surface area contributed by atoms with Crippen molar-refractivity contribution in [2.75, 3.05) is 25.1 Å². The second-order valence-corrected chi connectivity index (χ2v) is 5.69. The third kappa shape index (κ3) is 2.62. The first-order valence-corrected chi connectivity index (χ1v) is 7.17. The largest absolute Gasteiger partial charge is 0.386 e. The van der Waals surface area contributed by atoms with E-state index in [1.807, 2.05) is 6.07 Å². The third-order valence-corrected chi connectivity index (χ3v) is 4.09. The summed E-state index contributed by atoms with van der Waals surface area (Å²) in [7, 11) is 0. The standard InChI is InChI=1S/C15H19N3O2/c16-8-12-7-11-3-1-2-4-13(11)18-14(12)17-9-15(19)5-6-20-10-15/h7,19H,1-6,9-10H2,(H,17,18). The van der Waals surface area contributed by atoms with Crippen LogP contribution in [0, 0.1) is 11.3 Å². The van der Waals surface area contributed by atoms with Crippen molar-refractivity contribution >= 4 is 5.82 Å². The lowest BCUT2D eigenvalue weighted by Gasteiger charge is -2.22. The number of aryl methyl sites for hydroxylation is 2. The molecule has 106 valence electrons. The molecule has 0 spiro atoms. The van der Waals surface area contributed by atoms with Gasteiger partial charge < -0.3 is 15.2 Å². The van der Waals surface area contributed by atoms with E-state index in [1.54, 1.807) is 0 Å². The number of hydrogen-bond acceptors (Lipinski definition) is 5. The maximum atomic E-state index is 10.3. The number of aromatic nitrogens is 1. The second-order valence-electron chi connectivity index (χ2n) is 5.69. The Morgan fingerprint density at radius 2 is 2.30 bits per heavy atom. The van der Waals surface area contributed by atoms with Gasteiger partial charge in [-0.25, -0.2) is 4.98 Å². The molecule has 1 aromatic heterocycles. The van der Waals surface area contributed by atoms with Crippen LogP contribution in [0.25, 0.3) is 0 Å². The van der Waals surface area contributed by atoms with Gasteiger partial charge in [0, 0.05) is 25.3 Å². The topological polar surface area (TPSA) is 78.2 Å². The summed E-state index contributed by atoms with van der Waals surface area (Å²) in [5.74, 6) is 0.591. The zero-order valence-corrected chi connectivity index (χ0v) is 11.5. The van der Waals surface area contributed by atoms with E-state index >= 15 is 0 Å². The van der Waals surface area contributed by atoms with Crippen molar-refractivity contribution in [1.29, 1.82) is 5.26 Å². The fourth-order valence-corrected chi connectivity index (χ4v) is 2.84. The minimum absolute atomic E-state index is 0.340. The monoisotopic (exact) mass is 273 g/mol. The Morgan fingerprint density at radius 1 is 1.45 bits per heavy atom. The summed E-state index contributed by atoms with van der Waals surface area (Å²) in [4.78, 5) is 4.59. The van der Waals surface area contributed by atoms with Gasteiger partial charge in [0.1, 0.15) is 17.5 Å². The zero-order valence-electron chi connectivity index (χ0n) is 11.5. The molecular formula is C15H19N3O2. The maximum absolute atomic E-state index is 10.3. The molecule has 0 saturated carbocycles. The number of aliphatic hydroxyl groups is 1. The average Bonchev–Trinajstić information content (AvgIpc) is 2.91. The van der Waals surface area contributed by atoms with Crippen molar-refractivity contribution in [3.8, 4) is 6.07 Å². The van der Waals surface area contributed by atoms with E-state index in [2.05, 4.69) is 16.4 Å². The highest BCUT2D eigenvalue weighted by atomic mass is 16.5. The minimum Gasteiger partial charge on any atom is -0.386 e. The van der Waals surface area contributed by atoms with Crippen LogP contribution in [0.3, 0.4) is 0 Å².